The quantitative estimate of drug-likeness (QED) is 0.360. The number of aliphatic imine (C=N–C) groups is 1. The van der Waals surface area contributed by atoms with Gasteiger partial charge in [0.05, 0.1) is 5.69 Å². The SMILES string of the molecule is CN=C(NCCc1c(C)nn(C)c1C)NCC1(c2cccc(Cl)c2)CC1.I. The molecule has 1 aliphatic rings. The van der Waals surface area contributed by atoms with E-state index in [9.17, 15) is 0 Å². The standard InChI is InChI=1S/C20H28ClN5.HI/c1-14-18(15(2)26(4)25-14)8-11-23-19(22-3)24-13-20(9-10-20)16-6-5-7-17(21)12-16;/h5-7,12H,8-11,13H2,1-4H3,(H2,22,23,24);1H. The smallest absolute Gasteiger partial charge is 0.191 e. The first kappa shape index (κ1) is 22.0. The van der Waals surface area contributed by atoms with Crippen LogP contribution in [0.1, 0.15) is 35.4 Å². The number of hydrogen-bond acceptors (Lipinski definition) is 2. The van der Waals surface area contributed by atoms with Crippen molar-refractivity contribution in [3.63, 3.8) is 0 Å². The molecule has 1 fully saturated rings. The molecule has 2 aromatic rings. The number of guanidine groups is 1. The molecule has 1 saturated carbocycles. The zero-order chi connectivity index (χ0) is 18.7. The van der Waals surface area contributed by atoms with Gasteiger partial charge in [0, 0.05) is 43.3 Å². The van der Waals surface area contributed by atoms with Crippen molar-refractivity contribution in [3.8, 4) is 0 Å². The third kappa shape index (κ3) is 5.16. The van der Waals surface area contributed by atoms with E-state index in [2.05, 4.69) is 46.7 Å². The highest BCUT2D eigenvalue weighted by Crippen LogP contribution is 2.48. The van der Waals surface area contributed by atoms with Crippen LogP contribution in [-0.2, 0) is 18.9 Å². The van der Waals surface area contributed by atoms with E-state index < -0.39 is 0 Å². The molecule has 3 rings (SSSR count). The summed E-state index contributed by atoms with van der Waals surface area (Å²) < 4.78 is 1.94. The third-order valence-corrected chi connectivity index (χ3v) is 5.67. The van der Waals surface area contributed by atoms with E-state index >= 15 is 0 Å². The molecular formula is C20H29ClIN5. The van der Waals surface area contributed by atoms with Gasteiger partial charge in [0.2, 0.25) is 0 Å². The Morgan fingerprint density at radius 2 is 2.04 bits per heavy atom. The number of aromatic nitrogens is 2. The topological polar surface area (TPSA) is 54.2 Å². The fourth-order valence-corrected chi connectivity index (χ4v) is 3.69. The third-order valence-electron chi connectivity index (χ3n) is 5.43. The van der Waals surface area contributed by atoms with Crippen molar-refractivity contribution in [3.05, 3.63) is 51.8 Å². The summed E-state index contributed by atoms with van der Waals surface area (Å²) >= 11 is 6.16. The van der Waals surface area contributed by atoms with Crippen molar-refractivity contribution >= 4 is 41.5 Å². The number of rotatable bonds is 6. The van der Waals surface area contributed by atoms with Gasteiger partial charge in [-0.1, -0.05) is 23.7 Å². The Balaban J connectivity index is 0.00000261. The molecular weight excluding hydrogens is 473 g/mol. The minimum absolute atomic E-state index is 0. The summed E-state index contributed by atoms with van der Waals surface area (Å²) in [4.78, 5) is 4.36. The lowest BCUT2D eigenvalue weighted by Gasteiger charge is -2.19. The van der Waals surface area contributed by atoms with Crippen LogP contribution in [-0.4, -0.2) is 35.9 Å². The van der Waals surface area contributed by atoms with Crippen LogP contribution in [0.3, 0.4) is 0 Å². The van der Waals surface area contributed by atoms with Crippen molar-refractivity contribution < 1.29 is 0 Å². The highest BCUT2D eigenvalue weighted by atomic mass is 127. The molecule has 7 heteroatoms. The number of hydrogen-bond donors (Lipinski definition) is 2. The lowest BCUT2D eigenvalue weighted by molar-refractivity contribution is 0.645. The molecule has 27 heavy (non-hydrogen) atoms. The highest BCUT2D eigenvalue weighted by Gasteiger charge is 2.44. The second kappa shape index (κ2) is 9.28. The molecule has 0 amide bonds. The average Bonchev–Trinajstić information content (AvgIpc) is 3.37. The van der Waals surface area contributed by atoms with Crippen molar-refractivity contribution in [1.82, 2.24) is 20.4 Å². The van der Waals surface area contributed by atoms with Crippen LogP contribution in [0.5, 0.6) is 0 Å². The molecule has 148 valence electrons. The van der Waals surface area contributed by atoms with E-state index in [1.165, 1.54) is 29.7 Å². The zero-order valence-electron chi connectivity index (χ0n) is 16.5. The van der Waals surface area contributed by atoms with E-state index in [1.54, 1.807) is 0 Å². The first-order valence-corrected chi connectivity index (χ1v) is 9.52. The number of benzene rings is 1. The Kier molecular flexibility index (Phi) is 7.56. The van der Waals surface area contributed by atoms with Gasteiger partial charge in [0.25, 0.3) is 0 Å². The summed E-state index contributed by atoms with van der Waals surface area (Å²) in [7, 11) is 3.81. The van der Waals surface area contributed by atoms with Crippen LogP contribution in [0.15, 0.2) is 29.3 Å². The van der Waals surface area contributed by atoms with Gasteiger partial charge in [0.15, 0.2) is 5.96 Å². The highest BCUT2D eigenvalue weighted by molar-refractivity contribution is 14.0. The van der Waals surface area contributed by atoms with Gasteiger partial charge in [-0.05, 0) is 56.4 Å². The van der Waals surface area contributed by atoms with Crippen LogP contribution in [0.2, 0.25) is 5.02 Å². The molecule has 1 aromatic carbocycles. The maximum atomic E-state index is 6.16. The number of aryl methyl sites for hydroxylation is 2. The average molecular weight is 502 g/mol. The van der Waals surface area contributed by atoms with Gasteiger partial charge in [-0.2, -0.15) is 5.10 Å². The maximum Gasteiger partial charge on any atom is 0.191 e. The van der Waals surface area contributed by atoms with Crippen LogP contribution in [0, 0.1) is 13.8 Å². The van der Waals surface area contributed by atoms with Crippen molar-refractivity contribution in [1.29, 1.82) is 0 Å². The van der Waals surface area contributed by atoms with Gasteiger partial charge in [-0.15, -0.1) is 24.0 Å². The van der Waals surface area contributed by atoms with Gasteiger partial charge in [-0.25, -0.2) is 0 Å². The Bertz CT molecular complexity index is 811. The van der Waals surface area contributed by atoms with E-state index in [4.69, 9.17) is 11.6 Å². The lowest BCUT2D eigenvalue weighted by atomic mass is 9.96. The van der Waals surface area contributed by atoms with Crippen LogP contribution in [0.25, 0.3) is 0 Å². The Morgan fingerprint density at radius 3 is 2.59 bits per heavy atom. The molecule has 2 N–H and O–H groups in total. The van der Waals surface area contributed by atoms with E-state index in [0.29, 0.717) is 0 Å². The molecule has 0 bridgehead atoms. The fourth-order valence-electron chi connectivity index (χ4n) is 3.50. The second-order valence-corrected chi connectivity index (χ2v) is 7.60. The summed E-state index contributed by atoms with van der Waals surface area (Å²) in [6.45, 7) is 5.89. The number of nitrogens with zero attached hydrogens (tertiary/aromatic N) is 3. The van der Waals surface area contributed by atoms with Crippen LogP contribution < -0.4 is 10.6 Å². The molecule has 1 heterocycles. The number of nitrogens with one attached hydrogen (secondary N) is 2. The minimum atomic E-state index is 0. The molecule has 0 unspecified atom stereocenters. The van der Waals surface area contributed by atoms with Gasteiger partial charge >= 0.3 is 0 Å². The predicted octanol–water partition coefficient (Wildman–Crippen LogP) is 3.75. The molecule has 0 saturated heterocycles. The summed E-state index contributed by atoms with van der Waals surface area (Å²) in [6.07, 6.45) is 3.31. The summed E-state index contributed by atoms with van der Waals surface area (Å²) in [5.41, 5.74) is 5.15. The zero-order valence-corrected chi connectivity index (χ0v) is 19.6. The predicted molar refractivity (Wildman–Crippen MR) is 124 cm³/mol. The molecule has 0 radical (unpaired) electrons. The summed E-state index contributed by atoms with van der Waals surface area (Å²) in [6, 6.07) is 8.21. The van der Waals surface area contributed by atoms with Crippen LogP contribution in [0.4, 0.5) is 0 Å². The van der Waals surface area contributed by atoms with Gasteiger partial charge in [-0.3, -0.25) is 9.67 Å². The van der Waals surface area contributed by atoms with Gasteiger partial charge in [0.1, 0.15) is 0 Å². The molecule has 1 aromatic heterocycles. The van der Waals surface area contributed by atoms with E-state index in [1.807, 2.05) is 30.9 Å². The molecule has 0 spiro atoms. The summed E-state index contributed by atoms with van der Waals surface area (Å²) in [5, 5.41) is 12.2. The molecule has 0 atom stereocenters. The largest absolute Gasteiger partial charge is 0.356 e. The molecule has 5 nitrogen and oxygen atoms in total. The fraction of sp³-hybridized carbons (Fsp3) is 0.500. The Labute approximate surface area is 184 Å². The van der Waals surface area contributed by atoms with Gasteiger partial charge < -0.3 is 10.6 Å². The Hall–Kier alpha value is -1.28. The normalized spacial score (nSPS) is 15.2. The summed E-state index contributed by atoms with van der Waals surface area (Å²) in [5.74, 6) is 0.845. The van der Waals surface area contributed by atoms with Crippen molar-refractivity contribution in [2.24, 2.45) is 12.0 Å². The number of halogens is 2. The van der Waals surface area contributed by atoms with Crippen LogP contribution >= 0.6 is 35.6 Å². The second-order valence-electron chi connectivity index (χ2n) is 7.17. The molecule has 0 aliphatic heterocycles. The van der Waals surface area contributed by atoms with Crippen molar-refractivity contribution in [2.75, 3.05) is 20.1 Å². The lowest BCUT2D eigenvalue weighted by Crippen LogP contribution is -2.42. The first-order chi connectivity index (χ1) is 12.4. The first-order valence-electron chi connectivity index (χ1n) is 9.15. The van der Waals surface area contributed by atoms with E-state index in [-0.39, 0.29) is 29.4 Å². The molecule has 1 aliphatic carbocycles. The monoisotopic (exact) mass is 501 g/mol. The van der Waals surface area contributed by atoms with E-state index in [0.717, 1.165) is 36.2 Å². The Morgan fingerprint density at radius 1 is 1.30 bits per heavy atom. The van der Waals surface area contributed by atoms with Crippen molar-refractivity contribution in [2.45, 2.75) is 38.5 Å². The maximum absolute atomic E-state index is 6.16. The minimum Gasteiger partial charge on any atom is -0.356 e.